The van der Waals surface area contributed by atoms with E-state index in [1.165, 1.54) is 6.07 Å². The van der Waals surface area contributed by atoms with Crippen LogP contribution in [0.5, 0.6) is 5.75 Å². The summed E-state index contributed by atoms with van der Waals surface area (Å²) in [5.41, 5.74) is 1.03. The van der Waals surface area contributed by atoms with Gasteiger partial charge < -0.3 is 25.4 Å². The number of nitriles is 1. The molecule has 2 aromatic carbocycles. The van der Waals surface area contributed by atoms with Gasteiger partial charge in [-0.25, -0.2) is 4.79 Å². The van der Waals surface area contributed by atoms with Crippen LogP contribution >= 0.6 is 0 Å². The Labute approximate surface area is 224 Å². The van der Waals surface area contributed by atoms with Crippen molar-refractivity contribution in [3.8, 4) is 11.8 Å². The molecule has 0 heterocycles. The number of nitrogens with one attached hydrogen (secondary N) is 2. The number of nitrogens with zero attached hydrogens (tertiary/aromatic N) is 2. The average Bonchev–Trinajstić information content (AvgIpc) is 2.83. The zero-order chi connectivity index (χ0) is 28.5. The Morgan fingerprint density at radius 1 is 1.11 bits per heavy atom. The predicted octanol–water partition coefficient (Wildman–Crippen LogP) is 4.35. The summed E-state index contributed by atoms with van der Waals surface area (Å²) in [5.74, 6) is -1.02. The Balaban J connectivity index is 2.47. The van der Waals surface area contributed by atoms with Crippen LogP contribution in [0.25, 0.3) is 0 Å². The quantitative estimate of drug-likeness (QED) is 0.398. The maximum absolute atomic E-state index is 13.9. The van der Waals surface area contributed by atoms with Gasteiger partial charge in [-0.3, -0.25) is 9.59 Å². The fraction of sp³-hybridized carbons (Fsp3) is 0.448. The number of phenolic OH excluding ortho intramolecular Hbond substituents is 1. The molecule has 3 N–H and O–H groups in total. The zero-order valence-corrected chi connectivity index (χ0v) is 22.9. The molecule has 9 heteroatoms. The maximum Gasteiger partial charge on any atom is 0.408 e. The van der Waals surface area contributed by atoms with E-state index in [9.17, 15) is 24.8 Å². The van der Waals surface area contributed by atoms with Gasteiger partial charge in [0.2, 0.25) is 11.8 Å². The summed E-state index contributed by atoms with van der Waals surface area (Å²) in [4.78, 5) is 41.2. The number of aromatic hydroxyl groups is 1. The molecule has 0 aliphatic heterocycles. The molecule has 0 saturated heterocycles. The minimum atomic E-state index is -1.18. The van der Waals surface area contributed by atoms with E-state index in [-0.39, 0.29) is 24.6 Å². The van der Waals surface area contributed by atoms with Crippen LogP contribution in [0.4, 0.5) is 4.79 Å². The maximum atomic E-state index is 13.9. The van der Waals surface area contributed by atoms with Gasteiger partial charge in [0.1, 0.15) is 30.0 Å². The Morgan fingerprint density at radius 3 is 2.32 bits per heavy atom. The van der Waals surface area contributed by atoms with E-state index in [2.05, 4.69) is 10.6 Å². The summed E-state index contributed by atoms with van der Waals surface area (Å²) in [7, 11) is 0. The Hall–Kier alpha value is -4.06. The van der Waals surface area contributed by atoms with E-state index in [1.807, 2.05) is 50.2 Å². The molecule has 3 amide bonds. The molecule has 0 aromatic heterocycles. The van der Waals surface area contributed by atoms with Crippen LogP contribution in [0.2, 0.25) is 0 Å². The SMILES string of the molecule is Cc1cc(C(C(=O)NCc2ccccc2)N(CC#N)C(=O)C(CC(C)C)NC(=O)OC(C)(C)C)ccc1O. The number of alkyl carbamates (subject to hydrolysis) is 1. The fourth-order valence-electron chi connectivity index (χ4n) is 3.92. The van der Waals surface area contributed by atoms with Crippen LogP contribution in [0, 0.1) is 24.2 Å². The lowest BCUT2D eigenvalue weighted by Gasteiger charge is -2.33. The molecular formula is C29H38N4O5. The fourth-order valence-corrected chi connectivity index (χ4v) is 3.92. The van der Waals surface area contributed by atoms with Crippen molar-refractivity contribution in [2.75, 3.05) is 6.54 Å². The number of hydrogen-bond acceptors (Lipinski definition) is 6. The molecule has 0 radical (unpaired) electrons. The van der Waals surface area contributed by atoms with Crippen molar-refractivity contribution < 1.29 is 24.2 Å². The molecule has 0 bridgehead atoms. The Bertz CT molecular complexity index is 1150. The molecule has 9 nitrogen and oxygen atoms in total. The van der Waals surface area contributed by atoms with Crippen molar-refractivity contribution in [2.24, 2.45) is 5.92 Å². The number of rotatable bonds is 10. The Morgan fingerprint density at radius 2 is 1.76 bits per heavy atom. The van der Waals surface area contributed by atoms with Crippen molar-refractivity contribution in [1.82, 2.24) is 15.5 Å². The van der Waals surface area contributed by atoms with Crippen LogP contribution in [0.15, 0.2) is 48.5 Å². The standard InChI is InChI=1S/C29H38N4O5/c1-19(2)16-23(32-28(37)38-29(4,5)6)27(36)33(15-14-30)25(22-12-13-24(34)20(3)17-22)26(35)31-18-21-10-8-7-9-11-21/h7-13,17,19,23,25,34H,15-16,18H2,1-6H3,(H,31,35)(H,32,37). The highest BCUT2D eigenvalue weighted by Crippen LogP contribution is 2.27. The first-order chi connectivity index (χ1) is 17.8. The van der Waals surface area contributed by atoms with Crippen molar-refractivity contribution in [2.45, 2.75) is 72.2 Å². The van der Waals surface area contributed by atoms with Crippen LogP contribution in [-0.2, 0) is 20.9 Å². The van der Waals surface area contributed by atoms with Gasteiger partial charge in [0.05, 0.1) is 6.07 Å². The number of ether oxygens (including phenoxy) is 1. The van der Waals surface area contributed by atoms with E-state index in [1.54, 1.807) is 39.8 Å². The lowest BCUT2D eigenvalue weighted by molar-refractivity contribution is -0.142. The molecule has 0 saturated carbocycles. The molecule has 2 aromatic rings. The largest absolute Gasteiger partial charge is 0.508 e. The first kappa shape index (κ1) is 30.2. The topological polar surface area (TPSA) is 132 Å². The third-order valence-corrected chi connectivity index (χ3v) is 5.63. The van der Waals surface area contributed by atoms with Crippen LogP contribution in [0.3, 0.4) is 0 Å². The monoisotopic (exact) mass is 522 g/mol. The Kier molecular flexibility index (Phi) is 10.7. The lowest BCUT2D eigenvalue weighted by Crippen LogP contribution is -2.53. The summed E-state index contributed by atoms with van der Waals surface area (Å²) < 4.78 is 5.36. The third-order valence-electron chi connectivity index (χ3n) is 5.63. The molecule has 2 atom stereocenters. The number of benzene rings is 2. The van der Waals surface area contributed by atoms with Crippen molar-refractivity contribution in [1.29, 1.82) is 5.26 Å². The number of carbonyl (C=O) groups is 3. The third kappa shape index (κ3) is 9.11. The summed E-state index contributed by atoms with van der Waals surface area (Å²) in [6.07, 6.45) is -0.494. The van der Waals surface area contributed by atoms with Crippen LogP contribution < -0.4 is 10.6 Å². The van der Waals surface area contributed by atoms with Crippen molar-refractivity contribution in [3.05, 3.63) is 65.2 Å². The number of phenols is 1. The molecule has 38 heavy (non-hydrogen) atoms. The summed E-state index contributed by atoms with van der Waals surface area (Å²) in [5, 5.41) is 25.2. The minimum Gasteiger partial charge on any atom is -0.508 e. The summed E-state index contributed by atoms with van der Waals surface area (Å²) in [6.45, 7) is 10.5. The van der Waals surface area contributed by atoms with Crippen molar-refractivity contribution >= 4 is 17.9 Å². The molecule has 0 aliphatic rings. The van der Waals surface area contributed by atoms with Gasteiger partial charge in [0.25, 0.3) is 0 Å². The molecular weight excluding hydrogens is 484 g/mol. The lowest BCUT2D eigenvalue weighted by atomic mass is 9.98. The smallest absolute Gasteiger partial charge is 0.408 e. The van der Waals surface area contributed by atoms with Gasteiger partial charge in [-0.05, 0) is 68.9 Å². The second-order valence-corrected chi connectivity index (χ2v) is 10.6. The highest BCUT2D eigenvalue weighted by molar-refractivity contribution is 5.92. The van der Waals surface area contributed by atoms with Gasteiger partial charge in [0.15, 0.2) is 0 Å². The van der Waals surface area contributed by atoms with Gasteiger partial charge in [-0.1, -0.05) is 50.2 Å². The number of amides is 3. The van der Waals surface area contributed by atoms with E-state index >= 15 is 0 Å². The first-order valence-electron chi connectivity index (χ1n) is 12.6. The van der Waals surface area contributed by atoms with Gasteiger partial charge in [-0.15, -0.1) is 0 Å². The molecule has 0 fully saturated rings. The molecule has 0 spiro atoms. The predicted molar refractivity (Wildman–Crippen MR) is 144 cm³/mol. The van der Waals surface area contributed by atoms with E-state index in [0.717, 1.165) is 10.5 Å². The normalized spacial score (nSPS) is 12.7. The molecule has 2 unspecified atom stereocenters. The second-order valence-electron chi connectivity index (χ2n) is 10.6. The number of hydrogen-bond donors (Lipinski definition) is 3. The zero-order valence-electron chi connectivity index (χ0n) is 22.9. The summed E-state index contributed by atoms with van der Waals surface area (Å²) in [6, 6.07) is 13.7. The van der Waals surface area contributed by atoms with E-state index in [4.69, 9.17) is 4.74 Å². The second kappa shape index (κ2) is 13.5. The van der Waals surface area contributed by atoms with Gasteiger partial charge in [-0.2, -0.15) is 5.26 Å². The van der Waals surface area contributed by atoms with Crippen molar-refractivity contribution in [3.63, 3.8) is 0 Å². The van der Waals surface area contributed by atoms with Crippen LogP contribution in [0.1, 0.15) is 63.8 Å². The van der Waals surface area contributed by atoms with E-state index < -0.39 is 42.1 Å². The van der Waals surface area contributed by atoms with Crippen LogP contribution in [-0.4, -0.2) is 46.1 Å². The number of aryl methyl sites for hydroxylation is 1. The van der Waals surface area contributed by atoms with Gasteiger partial charge in [0, 0.05) is 6.54 Å². The first-order valence-corrected chi connectivity index (χ1v) is 12.6. The molecule has 204 valence electrons. The highest BCUT2D eigenvalue weighted by atomic mass is 16.6. The average molecular weight is 523 g/mol. The summed E-state index contributed by atoms with van der Waals surface area (Å²) >= 11 is 0. The van der Waals surface area contributed by atoms with E-state index in [0.29, 0.717) is 11.1 Å². The van der Waals surface area contributed by atoms with Gasteiger partial charge >= 0.3 is 6.09 Å². The molecule has 2 rings (SSSR count). The molecule has 0 aliphatic carbocycles. The minimum absolute atomic E-state index is 0.0177. The number of carbonyl (C=O) groups excluding carboxylic acids is 3. The highest BCUT2D eigenvalue weighted by Gasteiger charge is 2.36.